The summed E-state index contributed by atoms with van der Waals surface area (Å²) in [4.78, 5) is 39.2. The lowest BCUT2D eigenvalue weighted by Crippen LogP contribution is -2.43. The largest absolute Gasteiger partial charge is 0.455 e. The van der Waals surface area contributed by atoms with Gasteiger partial charge in [-0.1, -0.05) is 0 Å². The molecule has 0 bridgehead atoms. The topological polar surface area (TPSA) is 115 Å². The van der Waals surface area contributed by atoms with Crippen molar-refractivity contribution in [2.24, 2.45) is 0 Å². The van der Waals surface area contributed by atoms with Gasteiger partial charge in [0.25, 0.3) is 5.91 Å². The molecule has 4 heterocycles. The van der Waals surface area contributed by atoms with Crippen molar-refractivity contribution >= 4 is 28.9 Å². The third-order valence-corrected chi connectivity index (χ3v) is 5.24. The molecule has 0 atom stereocenters. The molecular weight excluding hydrogens is 398 g/mol. The fourth-order valence-electron chi connectivity index (χ4n) is 3.61. The van der Waals surface area contributed by atoms with E-state index in [-0.39, 0.29) is 29.6 Å². The molecule has 2 aromatic heterocycles. The highest BCUT2D eigenvalue weighted by Gasteiger charge is 2.29. The van der Waals surface area contributed by atoms with Crippen LogP contribution in [0.2, 0.25) is 0 Å². The number of benzene rings is 1. The van der Waals surface area contributed by atoms with Crippen molar-refractivity contribution in [1.82, 2.24) is 20.3 Å². The van der Waals surface area contributed by atoms with Crippen molar-refractivity contribution < 1.29 is 9.53 Å². The summed E-state index contributed by atoms with van der Waals surface area (Å²) in [5.74, 6) is 0.228. The molecule has 10 heteroatoms. The van der Waals surface area contributed by atoms with E-state index >= 15 is 0 Å². The molecule has 158 valence electrons. The van der Waals surface area contributed by atoms with Gasteiger partial charge in [-0.15, -0.1) is 0 Å². The van der Waals surface area contributed by atoms with Crippen LogP contribution in [-0.4, -0.2) is 53.8 Å². The number of aromatic nitrogens is 3. The van der Waals surface area contributed by atoms with Crippen LogP contribution in [0.5, 0.6) is 5.88 Å². The lowest BCUT2D eigenvalue weighted by molar-refractivity contribution is 0.0932. The van der Waals surface area contributed by atoms with Crippen LogP contribution in [0, 0.1) is 0 Å². The third kappa shape index (κ3) is 3.92. The Labute approximate surface area is 177 Å². The molecule has 10 nitrogen and oxygen atoms in total. The quantitative estimate of drug-likeness (QED) is 0.580. The molecule has 0 aliphatic carbocycles. The number of nitrogens with zero attached hydrogens (tertiary/aromatic N) is 4. The van der Waals surface area contributed by atoms with Crippen LogP contribution in [0.4, 0.5) is 23.0 Å². The Bertz CT molecular complexity index is 1160. The Morgan fingerprint density at radius 1 is 1.03 bits per heavy atom. The lowest BCUT2D eigenvalue weighted by Gasteiger charge is -2.29. The summed E-state index contributed by atoms with van der Waals surface area (Å²) < 4.78 is 5.67. The van der Waals surface area contributed by atoms with Crippen LogP contribution >= 0.6 is 0 Å². The minimum absolute atomic E-state index is 0.0366. The van der Waals surface area contributed by atoms with Crippen LogP contribution in [-0.2, 0) is 0 Å². The molecule has 31 heavy (non-hydrogen) atoms. The normalized spacial score (nSPS) is 15.9. The van der Waals surface area contributed by atoms with E-state index in [2.05, 4.69) is 42.6 Å². The zero-order chi connectivity index (χ0) is 21.2. The van der Waals surface area contributed by atoms with Gasteiger partial charge in [0.15, 0.2) is 6.73 Å². The van der Waals surface area contributed by atoms with E-state index < -0.39 is 0 Å². The number of amides is 1. The molecule has 0 saturated carbocycles. The zero-order valence-electron chi connectivity index (χ0n) is 16.7. The van der Waals surface area contributed by atoms with Gasteiger partial charge in [0.05, 0.1) is 5.69 Å². The van der Waals surface area contributed by atoms with E-state index in [1.165, 1.54) is 29.0 Å². The molecule has 1 amide bonds. The molecule has 2 aliphatic heterocycles. The smallest absolute Gasteiger partial charge is 0.268 e. The van der Waals surface area contributed by atoms with E-state index in [4.69, 9.17) is 4.74 Å². The first kappa shape index (κ1) is 19.1. The van der Waals surface area contributed by atoms with Gasteiger partial charge in [0.1, 0.15) is 5.56 Å². The molecule has 1 aromatic carbocycles. The van der Waals surface area contributed by atoms with Gasteiger partial charge in [0, 0.05) is 56.0 Å². The first-order valence-corrected chi connectivity index (χ1v) is 10.0. The number of rotatable bonds is 4. The van der Waals surface area contributed by atoms with Gasteiger partial charge in [0.2, 0.25) is 17.4 Å². The van der Waals surface area contributed by atoms with Crippen molar-refractivity contribution in [2.45, 2.75) is 0 Å². The molecule has 0 radical (unpaired) electrons. The highest BCUT2D eigenvalue weighted by Crippen LogP contribution is 2.27. The molecule has 3 aromatic rings. The number of fused-ring (bicyclic) bond motifs is 1. The minimum atomic E-state index is -0.321. The van der Waals surface area contributed by atoms with Crippen molar-refractivity contribution in [3.63, 3.8) is 0 Å². The van der Waals surface area contributed by atoms with E-state index in [0.717, 1.165) is 31.9 Å². The number of hydrogen-bond donors (Lipinski definition) is 3. The minimum Gasteiger partial charge on any atom is -0.455 e. The molecule has 3 N–H and O–H groups in total. The molecule has 1 fully saturated rings. The number of piperazine rings is 1. The number of aromatic amines is 1. The summed E-state index contributed by atoms with van der Waals surface area (Å²) in [5, 5.41) is 6.49. The van der Waals surface area contributed by atoms with Crippen LogP contribution in [0.3, 0.4) is 0 Å². The van der Waals surface area contributed by atoms with Crippen molar-refractivity contribution in [2.75, 3.05) is 48.0 Å². The number of pyridine rings is 1. The van der Waals surface area contributed by atoms with E-state index in [1.54, 1.807) is 6.07 Å². The Morgan fingerprint density at radius 2 is 1.84 bits per heavy atom. The predicted octanol–water partition coefficient (Wildman–Crippen LogP) is 1.31. The van der Waals surface area contributed by atoms with Gasteiger partial charge < -0.3 is 25.3 Å². The van der Waals surface area contributed by atoms with Crippen LogP contribution in [0.15, 0.2) is 53.6 Å². The molecular formula is C21H21N7O3. The Balaban J connectivity index is 1.31. The number of carbonyl (C=O) groups is 1. The fraction of sp³-hybridized carbons (Fsp3) is 0.238. The van der Waals surface area contributed by atoms with Crippen molar-refractivity contribution in [3.8, 4) is 5.88 Å². The summed E-state index contributed by atoms with van der Waals surface area (Å²) in [6.07, 6.45) is 2.92. The summed E-state index contributed by atoms with van der Waals surface area (Å²) in [7, 11) is 0. The third-order valence-electron chi connectivity index (χ3n) is 5.24. The van der Waals surface area contributed by atoms with Gasteiger partial charge in [-0.3, -0.25) is 14.5 Å². The number of hydrogen-bond acceptors (Lipinski definition) is 8. The van der Waals surface area contributed by atoms with Gasteiger partial charge in [-0.05, 0) is 30.3 Å². The fourth-order valence-corrected chi connectivity index (χ4v) is 3.61. The number of H-pyrrole nitrogens is 1. The van der Waals surface area contributed by atoms with Crippen LogP contribution in [0.1, 0.15) is 10.4 Å². The monoisotopic (exact) mass is 419 g/mol. The summed E-state index contributed by atoms with van der Waals surface area (Å²) in [6.45, 7) is 3.91. The maximum atomic E-state index is 12.8. The second-order valence-electron chi connectivity index (χ2n) is 7.24. The second kappa shape index (κ2) is 8.07. The number of ether oxygens (including phenoxy) is 1. The predicted molar refractivity (Wildman–Crippen MR) is 116 cm³/mol. The summed E-state index contributed by atoms with van der Waals surface area (Å²) in [5.41, 5.74) is 2.41. The number of carbonyl (C=O) groups excluding carboxylic acids is 1. The lowest BCUT2D eigenvalue weighted by atomic mass is 10.2. The SMILES string of the molecule is O=C1c2cnc(Nc3ccc(N4CCNCC4)cc3)nc2OCN1c1cc[nH]c(=O)c1. The number of nitrogens with one attached hydrogen (secondary N) is 3. The van der Waals surface area contributed by atoms with Crippen molar-refractivity contribution in [1.29, 1.82) is 0 Å². The molecule has 2 aliphatic rings. The Kier molecular flexibility index (Phi) is 4.97. The average Bonchev–Trinajstić information content (AvgIpc) is 2.80. The highest BCUT2D eigenvalue weighted by atomic mass is 16.5. The Hall–Kier alpha value is -3.92. The second-order valence-corrected chi connectivity index (χ2v) is 7.24. The van der Waals surface area contributed by atoms with E-state index in [1.807, 2.05) is 12.1 Å². The van der Waals surface area contributed by atoms with Crippen LogP contribution < -0.4 is 30.7 Å². The van der Waals surface area contributed by atoms with E-state index in [0.29, 0.717) is 11.6 Å². The maximum absolute atomic E-state index is 12.8. The summed E-state index contributed by atoms with van der Waals surface area (Å²) in [6, 6.07) is 11.0. The number of anilines is 4. The zero-order valence-corrected chi connectivity index (χ0v) is 16.7. The standard InChI is InChI=1S/C21H21N7O3/c29-18-11-16(5-6-23-18)28-13-31-19-17(20(28)30)12-24-21(26-19)25-14-1-3-15(4-2-14)27-9-7-22-8-10-27/h1-6,11-12,22H,7-10,13H2,(H,23,29)(H,24,25,26). The van der Waals surface area contributed by atoms with Gasteiger partial charge in [-0.2, -0.15) is 4.98 Å². The molecule has 5 rings (SSSR count). The average molecular weight is 419 g/mol. The van der Waals surface area contributed by atoms with Crippen LogP contribution in [0.25, 0.3) is 0 Å². The van der Waals surface area contributed by atoms with Crippen molar-refractivity contribution in [3.05, 3.63) is 64.7 Å². The molecule has 1 saturated heterocycles. The highest BCUT2D eigenvalue weighted by molar-refractivity contribution is 6.08. The Morgan fingerprint density at radius 3 is 2.61 bits per heavy atom. The summed E-state index contributed by atoms with van der Waals surface area (Å²) >= 11 is 0. The van der Waals surface area contributed by atoms with E-state index in [9.17, 15) is 9.59 Å². The molecule has 0 spiro atoms. The first-order chi connectivity index (χ1) is 15.2. The maximum Gasteiger partial charge on any atom is 0.268 e. The molecule has 0 unspecified atom stereocenters. The van der Waals surface area contributed by atoms with Gasteiger partial charge in [-0.25, -0.2) is 4.98 Å². The van der Waals surface area contributed by atoms with Gasteiger partial charge >= 0.3 is 0 Å². The first-order valence-electron chi connectivity index (χ1n) is 10.0.